The molecule has 0 spiro atoms. The van der Waals surface area contributed by atoms with Gasteiger partial charge >= 0.3 is 0 Å². The number of fused-ring (bicyclic) bond motifs is 1. The van der Waals surface area contributed by atoms with Crippen molar-refractivity contribution in [3.05, 3.63) is 57.9 Å². The molecular formula is C24H28ClN3O3S2. The average Bonchev–Trinajstić information content (AvgIpc) is 3.15. The zero-order valence-corrected chi connectivity index (χ0v) is 21.2. The van der Waals surface area contributed by atoms with E-state index < -0.39 is 15.9 Å². The molecule has 1 fully saturated rings. The number of rotatable bonds is 6. The first-order valence-corrected chi connectivity index (χ1v) is 14.0. The Bertz CT molecular complexity index is 1330. The van der Waals surface area contributed by atoms with Crippen LogP contribution in [0.15, 0.2) is 52.4 Å². The van der Waals surface area contributed by atoms with Crippen LogP contribution in [0.1, 0.15) is 56.3 Å². The highest BCUT2D eigenvalue weighted by Crippen LogP contribution is 2.27. The van der Waals surface area contributed by atoms with E-state index in [1.54, 1.807) is 16.4 Å². The molecule has 2 heterocycles. The van der Waals surface area contributed by atoms with Crippen LogP contribution < -0.4 is 4.80 Å². The summed E-state index contributed by atoms with van der Waals surface area (Å²) in [6.45, 7) is 5.38. The van der Waals surface area contributed by atoms with Crippen molar-refractivity contribution < 1.29 is 13.2 Å². The molecule has 1 unspecified atom stereocenters. The third-order valence-corrected chi connectivity index (χ3v) is 9.28. The van der Waals surface area contributed by atoms with Gasteiger partial charge in [0.15, 0.2) is 4.80 Å². The van der Waals surface area contributed by atoms with Crippen LogP contribution >= 0.6 is 22.9 Å². The van der Waals surface area contributed by atoms with Gasteiger partial charge in [-0.3, -0.25) is 4.79 Å². The molecule has 0 radical (unpaired) electrons. The molecule has 4 rings (SSSR count). The zero-order valence-electron chi connectivity index (χ0n) is 18.8. The molecule has 0 aliphatic carbocycles. The van der Waals surface area contributed by atoms with E-state index in [1.165, 1.54) is 23.5 Å². The highest BCUT2D eigenvalue weighted by atomic mass is 35.5. The van der Waals surface area contributed by atoms with E-state index in [2.05, 4.69) is 11.9 Å². The highest BCUT2D eigenvalue weighted by molar-refractivity contribution is 7.89. The van der Waals surface area contributed by atoms with Crippen molar-refractivity contribution in [1.82, 2.24) is 8.87 Å². The maximum absolute atomic E-state index is 13.2. The molecule has 0 saturated carbocycles. The molecule has 1 amide bonds. The fourth-order valence-corrected chi connectivity index (χ4v) is 7.42. The van der Waals surface area contributed by atoms with Crippen LogP contribution in [0.3, 0.4) is 0 Å². The number of hydrogen-bond donors (Lipinski definition) is 0. The SMILES string of the molecule is CCCn1c(=NC(=O)c2ccc(S(=O)(=O)N3CCCCC3CC)cc2)sc2cc(Cl)ccc21. The Kier molecular flexibility index (Phi) is 7.38. The molecule has 1 aromatic heterocycles. The quantitative estimate of drug-likeness (QED) is 0.446. The van der Waals surface area contributed by atoms with Crippen LogP contribution in [-0.4, -0.2) is 35.8 Å². The number of benzene rings is 2. The first-order valence-electron chi connectivity index (χ1n) is 11.3. The number of aryl methyl sites for hydroxylation is 1. The van der Waals surface area contributed by atoms with Crippen molar-refractivity contribution in [2.45, 2.75) is 63.4 Å². The predicted molar refractivity (Wildman–Crippen MR) is 133 cm³/mol. The fraction of sp³-hybridized carbons (Fsp3) is 0.417. The normalized spacial score (nSPS) is 18.2. The second kappa shape index (κ2) is 10.1. The number of piperidine rings is 1. The van der Waals surface area contributed by atoms with E-state index in [4.69, 9.17) is 11.6 Å². The van der Waals surface area contributed by atoms with Crippen LogP contribution in [-0.2, 0) is 16.6 Å². The lowest BCUT2D eigenvalue weighted by Gasteiger charge is -2.34. The molecule has 9 heteroatoms. The van der Waals surface area contributed by atoms with Crippen molar-refractivity contribution in [3.63, 3.8) is 0 Å². The maximum atomic E-state index is 13.2. The molecule has 33 heavy (non-hydrogen) atoms. The van der Waals surface area contributed by atoms with Gasteiger partial charge in [-0.2, -0.15) is 9.30 Å². The van der Waals surface area contributed by atoms with E-state index in [-0.39, 0.29) is 10.9 Å². The van der Waals surface area contributed by atoms with Gasteiger partial charge in [0, 0.05) is 29.7 Å². The second-order valence-electron chi connectivity index (χ2n) is 8.26. The second-order valence-corrected chi connectivity index (χ2v) is 11.6. The summed E-state index contributed by atoms with van der Waals surface area (Å²) >= 11 is 7.55. The summed E-state index contributed by atoms with van der Waals surface area (Å²) in [5.74, 6) is -0.397. The molecule has 1 aliphatic rings. The number of halogens is 1. The van der Waals surface area contributed by atoms with Gasteiger partial charge in [-0.05, 0) is 68.1 Å². The molecule has 0 N–H and O–H groups in total. The summed E-state index contributed by atoms with van der Waals surface area (Å²) in [5.41, 5.74) is 1.35. The van der Waals surface area contributed by atoms with E-state index in [0.717, 1.165) is 48.9 Å². The van der Waals surface area contributed by atoms with Crippen LogP contribution in [0.2, 0.25) is 5.02 Å². The van der Waals surface area contributed by atoms with Gasteiger partial charge in [-0.25, -0.2) is 8.42 Å². The number of thiazole rings is 1. The van der Waals surface area contributed by atoms with E-state index in [1.807, 2.05) is 29.7 Å². The van der Waals surface area contributed by atoms with E-state index >= 15 is 0 Å². The third-order valence-electron chi connectivity index (χ3n) is 6.04. The van der Waals surface area contributed by atoms with Crippen molar-refractivity contribution >= 4 is 49.1 Å². The van der Waals surface area contributed by atoms with Crippen LogP contribution in [0.4, 0.5) is 0 Å². The minimum absolute atomic E-state index is 0.0375. The van der Waals surface area contributed by atoms with Gasteiger partial charge in [0.25, 0.3) is 5.91 Å². The lowest BCUT2D eigenvalue weighted by Crippen LogP contribution is -2.43. The number of carbonyl (C=O) groups is 1. The molecular weight excluding hydrogens is 478 g/mol. The van der Waals surface area contributed by atoms with Gasteiger partial charge in [0.05, 0.1) is 15.1 Å². The molecule has 2 aromatic carbocycles. The molecule has 3 aromatic rings. The van der Waals surface area contributed by atoms with Gasteiger partial charge in [-0.15, -0.1) is 0 Å². The van der Waals surface area contributed by atoms with Crippen LogP contribution in [0.5, 0.6) is 0 Å². The molecule has 176 valence electrons. The van der Waals surface area contributed by atoms with Crippen molar-refractivity contribution in [2.24, 2.45) is 4.99 Å². The summed E-state index contributed by atoms with van der Waals surface area (Å²) in [6, 6.07) is 11.8. The lowest BCUT2D eigenvalue weighted by molar-refractivity contribution is 0.0997. The number of hydrogen-bond acceptors (Lipinski definition) is 4. The van der Waals surface area contributed by atoms with Crippen molar-refractivity contribution in [1.29, 1.82) is 0 Å². The van der Waals surface area contributed by atoms with E-state index in [0.29, 0.717) is 21.9 Å². The number of sulfonamides is 1. The van der Waals surface area contributed by atoms with Crippen LogP contribution in [0.25, 0.3) is 10.2 Å². The largest absolute Gasteiger partial charge is 0.316 e. The summed E-state index contributed by atoms with van der Waals surface area (Å²) in [6.07, 6.45) is 4.53. The summed E-state index contributed by atoms with van der Waals surface area (Å²) in [7, 11) is -3.58. The third kappa shape index (κ3) is 4.94. The minimum atomic E-state index is -3.58. The van der Waals surface area contributed by atoms with Gasteiger partial charge in [0.1, 0.15) is 0 Å². The molecule has 0 bridgehead atoms. The van der Waals surface area contributed by atoms with E-state index in [9.17, 15) is 13.2 Å². The minimum Gasteiger partial charge on any atom is -0.316 e. The Balaban J connectivity index is 1.64. The zero-order chi connectivity index (χ0) is 23.6. The van der Waals surface area contributed by atoms with Crippen molar-refractivity contribution in [3.8, 4) is 0 Å². The Labute approximate surface area is 203 Å². The van der Waals surface area contributed by atoms with Gasteiger partial charge in [-0.1, -0.05) is 43.2 Å². The molecule has 6 nitrogen and oxygen atoms in total. The standard InChI is InChI=1S/C24H28ClN3O3S2/c1-3-14-27-21-13-10-18(25)16-22(21)32-24(27)26-23(29)17-8-11-20(12-9-17)33(30,31)28-15-6-5-7-19(28)4-2/h8-13,16,19H,3-7,14-15H2,1-2H3. The number of carbonyl (C=O) groups excluding carboxylic acids is 1. The lowest BCUT2D eigenvalue weighted by atomic mass is 10.0. The fourth-order valence-electron chi connectivity index (χ4n) is 4.33. The average molecular weight is 506 g/mol. The summed E-state index contributed by atoms with van der Waals surface area (Å²) in [5, 5.41) is 0.640. The monoisotopic (exact) mass is 505 g/mol. The maximum Gasteiger partial charge on any atom is 0.279 e. The Morgan fingerprint density at radius 1 is 1.15 bits per heavy atom. The molecule has 1 atom stereocenters. The van der Waals surface area contributed by atoms with Crippen molar-refractivity contribution in [2.75, 3.05) is 6.54 Å². The molecule has 1 aliphatic heterocycles. The molecule has 1 saturated heterocycles. The van der Waals surface area contributed by atoms with Crippen LogP contribution in [0, 0.1) is 0 Å². The first kappa shape index (κ1) is 24.1. The van der Waals surface area contributed by atoms with Gasteiger partial charge in [0.2, 0.25) is 10.0 Å². The van der Waals surface area contributed by atoms with Gasteiger partial charge < -0.3 is 4.57 Å². The smallest absolute Gasteiger partial charge is 0.279 e. The topological polar surface area (TPSA) is 71.7 Å². The Morgan fingerprint density at radius 2 is 1.91 bits per heavy atom. The number of amides is 1. The number of nitrogens with zero attached hydrogens (tertiary/aromatic N) is 3. The predicted octanol–water partition coefficient (Wildman–Crippen LogP) is 5.46. The first-order chi connectivity index (χ1) is 15.8. The summed E-state index contributed by atoms with van der Waals surface area (Å²) < 4.78 is 31.0. The number of aromatic nitrogens is 1. The summed E-state index contributed by atoms with van der Waals surface area (Å²) in [4.78, 5) is 18.1. The Hall–Kier alpha value is -2.00. The Morgan fingerprint density at radius 3 is 2.61 bits per heavy atom. The highest BCUT2D eigenvalue weighted by Gasteiger charge is 2.32.